The molecule has 10 rings (SSSR count). The number of amides is 3. The number of rotatable bonds is 7. The highest BCUT2D eigenvalue weighted by atomic mass is 16.7. The monoisotopic (exact) mass is 925 g/mol. The first-order valence-corrected chi connectivity index (χ1v) is 21.5. The van der Waals surface area contributed by atoms with Crippen molar-refractivity contribution in [1.29, 1.82) is 0 Å². The molecular weight excluding hydrogens is 875 g/mol. The average molecular weight is 926 g/mol. The van der Waals surface area contributed by atoms with Crippen LogP contribution in [0.3, 0.4) is 0 Å². The van der Waals surface area contributed by atoms with Gasteiger partial charge >= 0.3 is 17.6 Å². The SMILES string of the molecule is CN1C[C@H](C(=O)N[C@]2(C)O[C@@]3(O)[C@@H]4CCCN4C(=O)[C@H](Cc4ccccc4)N3C2=O)C=C2c3cccc4[nH]cc(c34)C[C@H]21.Cn1c(=O)c2c(ncn2C)n(C)c1=O.O=C(O)C(O)C(O)C(=O)O. The lowest BCUT2D eigenvalue weighted by Crippen LogP contribution is -2.71. The molecule has 3 fully saturated rings. The lowest BCUT2D eigenvalue weighted by molar-refractivity contribution is -0.315. The second kappa shape index (κ2) is 17.3. The van der Waals surface area contributed by atoms with Gasteiger partial charge in [-0.05, 0) is 61.6 Å². The smallest absolute Gasteiger partial charge is 0.335 e. The third kappa shape index (κ3) is 7.88. The first-order valence-electron chi connectivity index (χ1n) is 21.5. The molecule has 0 spiro atoms. The molecular formula is C45H51N9O13. The van der Waals surface area contributed by atoms with Gasteiger partial charge in [0.25, 0.3) is 17.4 Å². The Bertz CT molecular complexity index is 2960. The number of ether oxygens (including phenoxy) is 1. The van der Waals surface area contributed by atoms with Gasteiger partial charge in [0.15, 0.2) is 23.4 Å². The Balaban J connectivity index is 0.000000208. The molecule has 3 amide bonds. The number of aryl methyl sites for hydroxylation is 2. The Kier molecular flexibility index (Phi) is 12.1. The molecule has 0 saturated carbocycles. The standard InChI is InChI=1S/C33H35N5O5.C8H10N4O2.C4H6O6/c1-32(35-29(39)21-15-23-22-10-6-11-24-28(22)20(17-34-24)16-25(23)36(2)18-21)31(41)38-26(14-19-8-4-3-5-9-19)30(40)37-13-7-12-27(37)33(38,42)43-32;1-10-4-9-6-5(10)7(13)12(3)8(14)11(6)2;5-1(3(7)8)2(6)4(9)10/h3-6,8-11,15,17,21,25-27,34,42H,7,12-14,16,18H2,1-2H3,(H,35,39);4H,1-3H3;1-2,5-6H,(H,7,8)(H,9,10)/t21-,25-,26+,27+,32-,33+;;/m1../s1. The van der Waals surface area contributed by atoms with E-state index in [1.54, 1.807) is 23.6 Å². The largest absolute Gasteiger partial charge is 0.479 e. The average Bonchev–Trinajstić information content (AvgIpc) is 4.10. The minimum Gasteiger partial charge on any atom is -0.479 e. The number of aliphatic hydroxyl groups excluding tert-OH is 2. The van der Waals surface area contributed by atoms with Crippen LogP contribution in [-0.4, -0.2) is 156 Å². The predicted octanol–water partition coefficient (Wildman–Crippen LogP) is -1.16. The van der Waals surface area contributed by atoms with Crippen LogP contribution < -0.4 is 16.6 Å². The number of nitrogens with zero attached hydrogens (tertiary/aromatic N) is 7. The summed E-state index contributed by atoms with van der Waals surface area (Å²) in [7, 11) is 6.79. The topological polar surface area (TPSA) is 295 Å². The van der Waals surface area contributed by atoms with Crippen molar-refractivity contribution in [2.24, 2.45) is 27.1 Å². The number of fused-ring (bicyclic) bond motifs is 6. The second-order valence-corrected chi connectivity index (χ2v) is 17.6. The predicted molar refractivity (Wildman–Crippen MR) is 236 cm³/mol. The Hall–Kier alpha value is -6.98. The molecule has 2 unspecified atom stereocenters. The minimum absolute atomic E-state index is 0.144. The number of piperazine rings is 1. The van der Waals surface area contributed by atoms with Crippen LogP contribution in [0.5, 0.6) is 0 Å². The maximum atomic E-state index is 14.2. The summed E-state index contributed by atoms with van der Waals surface area (Å²) in [4.78, 5) is 96.9. The number of carbonyl (C=O) groups excluding carboxylic acids is 3. The van der Waals surface area contributed by atoms with Crippen LogP contribution in [0.4, 0.5) is 0 Å². The third-order valence-corrected chi connectivity index (χ3v) is 13.3. The Morgan fingerprint density at radius 1 is 0.955 bits per heavy atom. The van der Waals surface area contributed by atoms with Gasteiger partial charge in [0.1, 0.15) is 12.1 Å². The molecule has 67 heavy (non-hydrogen) atoms. The number of hydrogen-bond acceptors (Lipinski definition) is 13. The van der Waals surface area contributed by atoms with Gasteiger partial charge in [0, 0.05) is 63.8 Å². The van der Waals surface area contributed by atoms with E-state index in [1.807, 2.05) is 49.5 Å². The summed E-state index contributed by atoms with van der Waals surface area (Å²) in [6.07, 6.45) is 3.37. The van der Waals surface area contributed by atoms with Gasteiger partial charge in [0.05, 0.1) is 12.2 Å². The van der Waals surface area contributed by atoms with Crippen molar-refractivity contribution in [2.75, 3.05) is 20.1 Å². The van der Waals surface area contributed by atoms with E-state index in [2.05, 4.69) is 38.5 Å². The van der Waals surface area contributed by atoms with Crippen molar-refractivity contribution in [3.8, 4) is 0 Å². The van der Waals surface area contributed by atoms with Crippen molar-refractivity contribution in [3.05, 3.63) is 105 Å². The fraction of sp³-hybridized carbons (Fsp3) is 0.422. The second-order valence-electron chi connectivity index (χ2n) is 17.6. The number of nitrogens with one attached hydrogen (secondary N) is 2. The van der Waals surface area contributed by atoms with Crippen LogP contribution in [0.15, 0.2) is 76.7 Å². The number of carboxylic acid groups (broad SMARTS) is 2. The summed E-state index contributed by atoms with van der Waals surface area (Å²) in [6.45, 7) is 2.45. The van der Waals surface area contributed by atoms with Crippen LogP contribution in [0.25, 0.3) is 27.6 Å². The van der Waals surface area contributed by atoms with Crippen molar-refractivity contribution >= 4 is 57.3 Å². The third-order valence-electron chi connectivity index (χ3n) is 13.3. The van der Waals surface area contributed by atoms with E-state index >= 15 is 0 Å². The van der Waals surface area contributed by atoms with E-state index in [4.69, 9.17) is 25.2 Å². The van der Waals surface area contributed by atoms with E-state index in [1.165, 1.54) is 40.7 Å². The summed E-state index contributed by atoms with van der Waals surface area (Å²) in [6, 6.07) is 14.1. The van der Waals surface area contributed by atoms with E-state index in [9.17, 15) is 38.7 Å². The van der Waals surface area contributed by atoms with Gasteiger partial charge in [-0.15, -0.1) is 0 Å². The number of aromatic nitrogens is 5. The van der Waals surface area contributed by atoms with Gasteiger partial charge < -0.3 is 45.3 Å². The normalized spacial score (nSPS) is 26.1. The minimum atomic E-state index is -2.27. The first-order chi connectivity index (χ1) is 31.7. The lowest BCUT2D eigenvalue weighted by Gasteiger charge is -2.48. The van der Waals surface area contributed by atoms with Crippen molar-refractivity contribution < 1.29 is 54.2 Å². The number of carbonyl (C=O) groups is 5. The molecule has 2 aromatic carbocycles. The molecule has 5 aliphatic rings. The molecule has 0 bridgehead atoms. The fourth-order valence-corrected chi connectivity index (χ4v) is 9.86. The number of aromatic amines is 1. The van der Waals surface area contributed by atoms with Crippen molar-refractivity contribution in [1.82, 2.24) is 43.7 Å². The van der Waals surface area contributed by atoms with Gasteiger partial charge in [0.2, 0.25) is 17.5 Å². The highest BCUT2D eigenvalue weighted by molar-refractivity contribution is 6.01. The van der Waals surface area contributed by atoms with Crippen LogP contribution in [0, 0.1) is 5.92 Å². The van der Waals surface area contributed by atoms with Crippen LogP contribution in [0.2, 0.25) is 0 Å². The van der Waals surface area contributed by atoms with Crippen molar-refractivity contribution in [2.45, 2.75) is 74.6 Å². The molecule has 7 N–H and O–H groups in total. The number of H-pyrrole nitrogens is 1. The number of likely N-dealkylation sites (N-methyl/N-ethyl adjacent to an activating group) is 1. The first kappa shape index (κ1) is 46.5. The molecule has 354 valence electrons. The van der Waals surface area contributed by atoms with Crippen molar-refractivity contribution in [3.63, 3.8) is 0 Å². The highest BCUT2D eigenvalue weighted by Crippen LogP contribution is 2.46. The van der Waals surface area contributed by atoms with Crippen LogP contribution in [0.1, 0.15) is 36.5 Å². The molecule has 7 heterocycles. The maximum Gasteiger partial charge on any atom is 0.335 e. The lowest BCUT2D eigenvalue weighted by atomic mass is 9.79. The number of aliphatic hydroxyl groups is 3. The van der Waals surface area contributed by atoms with Gasteiger partial charge in [-0.25, -0.2) is 19.4 Å². The number of imidazole rings is 1. The Morgan fingerprint density at radius 2 is 1.64 bits per heavy atom. The summed E-state index contributed by atoms with van der Waals surface area (Å²) in [5, 5.41) is 48.6. The zero-order valence-corrected chi connectivity index (χ0v) is 37.2. The summed E-state index contributed by atoms with van der Waals surface area (Å²) < 4.78 is 10.3. The number of benzene rings is 2. The van der Waals surface area contributed by atoms with E-state index in [0.717, 1.165) is 33.2 Å². The van der Waals surface area contributed by atoms with Crippen LogP contribution >= 0.6 is 0 Å². The fourth-order valence-electron chi connectivity index (χ4n) is 9.86. The molecule has 0 radical (unpaired) electrons. The number of hydrogen-bond donors (Lipinski definition) is 7. The molecule has 3 aromatic heterocycles. The molecule has 4 aliphatic heterocycles. The van der Waals surface area contributed by atoms with Gasteiger partial charge in [-0.3, -0.25) is 42.8 Å². The molecule has 8 atom stereocenters. The molecule has 22 nitrogen and oxygen atoms in total. The maximum absolute atomic E-state index is 14.2. The molecule has 1 aliphatic carbocycles. The zero-order chi connectivity index (χ0) is 48.4. The Labute approximate surface area is 380 Å². The van der Waals surface area contributed by atoms with E-state index in [0.29, 0.717) is 37.1 Å². The Morgan fingerprint density at radius 3 is 2.31 bits per heavy atom. The summed E-state index contributed by atoms with van der Waals surface area (Å²) in [5.74, 6) is -7.30. The molecule has 5 aromatic rings. The number of carboxylic acids is 2. The van der Waals surface area contributed by atoms with Gasteiger partial charge in [-0.1, -0.05) is 48.5 Å². The quantitative estimate of drug-likeness (QED) is 0.101. The summed E-state index contributed by atoms with van der Waals surface area (Å²) >= 11 is 0. The molecule has 22 heteroatoms. The molecule has 3 saturated heterocycles. The van der Waals surface area contributed by atoms with E-state index < -0.39 is 59.7 Å². The summed E-state index contributed by atoms with van der Waals surface area (Å²) in [5.41, 5.74) is 3.76. The highest BCUT2D eigenvalue weighted by Gasteiger charge is 2.70. The van der Waals surface area contributed by atoms with Crippen LogP contribution in [-0.2, 0) is 62.7 Å². The van der Waals surface area contributed by atoms with Gasteiger partial charge in [-0.2, -0.15) is 0 Å². The zero-order valence-electron chi connectivity index (χ0n) is 37.2. The van der Waals surface area contributed by atoms with E-state index in [-0.39, 0.29) is 35.5 Å². The number of aliphatic carboxylic acids is 2.